The van der Waals surface area contributed by atoms with E-state index < -0.39 is 0 Å². The largest absolute Gasteiger partial charge is 0.342 e. The van der Waals surface area contributed by atoms with Crippen molar-refractivity contribution in [3.63, 3.8) is 0 Å². The fraction of sp³-hybridized carbons (Fsp3) is 0.364. The van der Waals surface area contributed by atoms with Crippen molar-refractivity contribution in [3.05, 3.63) is 70.8 Å². The maximum absolute atomic E-state index is 13.5. The van der Waals surface area contributed by atoms with Crippen LogP contribution in [0.25, 0.3) is 0 Å². The van der Waals surface area contributed by atoms with Gasteiger partial charge in [-0.3, -0.25) is 9.59 Å². The molecule has 0 radical (unpaired) electrons. The summed E-state index contributed by atoms with van der Waals surface area (Å²) in [5, 5.41) is 0. The van der Waals surface area contributed by atoms with Crippen LogP contribution in [-0.2, 0) is 11.2 Å². The van der Waals surface area contributed by atoms with E-state index in [0.717, 1.165) is 43.5 Å². The summed E-state index contributed by atoms with van der Waals surface area (Å²) >= 11 is 0. The molecule has 0 spiro atoms. The summed E-state index contributed by atoms with van der Waals surface area (Å²) in [6.45, 7) is 2.35. The summed E-state index contributed by atoms with van der Waals surface area (Å²) in [7, 11) is 0. The number of likely N-dealkylation sites (tertiary alicyclic amines) is 1. The molecule has 5 rings (SSSR count). The van der Waals surface area contributed by atoms with E-state index in [1.54, 1.807) is 0 Å². The first-order valence-electron chi connectivity index (χ1n) is 9.52. The Balaban J connectivity index is 1.69. The van der Waals surface area contributed by atoms with Crippen LogP contribution in [0.2, 0.25) is 0 Å². The maximum Gasteiger partial charge on any atom is 0.254 e. The van der Waals surface area contributed by atoms with Crippen molar-refractivity contribution in [2.24, 2.45) is 0 Å². The van der Waals surface area contributed by atoms with Gasteiger partial charge in [0, 0.05) is 25.2 Å². The molecule has 0 N–H and O–H groups in total. The van der Waals surface area contributed by atoms with Gasteiger partial charge in [-0.05, 0) is 42.0 Å². The summed E-state index contributed by atoms with van der Waals surface area (Å²) < 4.78 is 0. The lowest BCUT2D eigenvalue weighted by molar-refractivity contribution is -0.133. The van der Waals surface area contributed by atoms with Gasteiger partial charge in [-0.25, -0.2) is 0 Å². The van der Waals surface area contributed by atoms with Crippen molar-refractivity contribution in [2.75, 3.05) is 19.6 Å². The van der Waals surface area contributed by atoms with Gasteiger partial charge in [0.2, 0.25) is 5.91 Å². The van der Waals surface area contributed by atoms with Crippen molar-refractivity contribution >= 4 is 11.8 Å². The van der Waals surface area contributed by atoms with Gasteiger partial charge < -0.3 is 9.80 Å². The number of carbonyl (C=O) groups excluding carboxylic acids is 2. The van der Waals surface area contributed by atoms with Crippen molar-refractivity contribution in [2.45, 2.75) is 31.2 Å². The Morgan fingerprint density at radius 2 is 1.58 bits per heavy atom. The second-order valence-electron chi connectivity index (χ2n) is 7.49. The van der Waals surface area contributed by atoms with E-state index in [9.17, 15) is 9.59 Å². The first kappa shape index (κ1) is 15.6. The van der Waals surface area contributed by atoms with E-state index in [4.69, 9.17) is 0 Å². The van der Waals surface area contributed by atoms with Crippen LogP contribution in [0.4, 0.5) is 0 Å². The highest BCUT2D eigenvalue weighted by Gasteiger charge is 2.47. The lowest BCUT2D eigenvalue weighted by atomic mass is 9.75. The van der Waals surface area contributed by atoms with Crippen LogP contribution in [0.3, 0.4) is 0 Å². The smallest absolute Gasteiger partial charge is 0.254 e. The van der Waals surface area contributed by atoms with Gasteiger partial charge in [0.15, 0.2) is 0 Å². The predicted molar refractivity (Wildman–Crippen MR) is 98.9 cm³/mol. The highest BCUT2D eigenvalue weighted by molar-refractivity contribution is 6.01. The lowest BCUT2D eigenvalue weighted by Crippen LogP contribution is -2.50. The second kappa shape index (κ2) is 5.97. The molecule has 0 aliphatic carbocycles. The Morgan fingerprint density at radius 1 is 0.885 bits per heavy atom. The monoisotopic (exact) mass is 346 g/mol. The quantitative estimate of drug-likeness (QED) is 0.796. The van der Waals surface area contributed by atoms with Crippen molar-refractivity contribution < 1.29 is 9.59 Å². The van der Waals surface area contributed by atoms with Gasteiger partial charge >= 0.3 is 0 Å². The van der Waals surface area contributed by atoms with Gasteiger partial charge in [0.05, 0.1) is 12.0 Å². The van der Waals surface area contributed by atoms with Gasteiger partial charge in [0.25, 0.3) is 5.91 Å². The molecule has 1 saturated heterocycles. The molecule has 4 heteroatoms. The molecule has 2 aromatic rings. The molecule has 2 amide bonds. The summed E-state index contributed by atoms with van der Waals surface area (Å²) in [5.41, 5.74) is 3.99. The Bertz CT molecular complexity index is 885. The molecular formula is C22H22N2O2. The summed E-state index contributed by atoms with van der Waals surface area (Å²) in [4.78, 5) is 30.6. The fourth-order valence-corrected chi connectivity index (χ4v) is 4.88. The van der Waals surface area contributed by atoms with Crippen LogP contribution < -0.4 is 0 Å². The van der Waals surface area contributed by atoms with Crippen LogP contribution in [0.1, 0.15) is 51.8 Å². The van der Waals surface area contributed by atoms with E-state index in [2.05, 4.69) is 12.1 Å². The summed E-state index contributed by atoms with van der Waals surface area (Å²) in [6, 6.07) is 15.8. The number of amides is 2. The Morgan fingerprint density at radius 3 is 2.38 bits per heavy atom. The molecule has 132 valence electrons. The summed E-state index contributed by atoms with van der Waals surface area (Å²) in [5.74, 6) is -0.0665. The molecule has 4 nitrogen and oxygen atoms in total. The van der Waals surface area contributed by atoms with E-state index in [-0.39, 0.29) is 23.8 Å². The zero-order valence-electron chi connectivity index (χ0n) is 14.7. The number of benzene rings is 2. The third kappa shape index (κ3) is 2.21. The van der Waals surface area contributed by atoms with Crippen LogP contribution in [-0.4, -0.2) is 41.2 Å². The minimum atomic E-state index is -0.302. The standard InChI is InChI=1S/C22H22N2O2/c25-21-18-10-4-3-9-17(18)19(22(26)23-12-5-6-13-23)20-16-8-2-1-7-15(16)11-14-24(20)21/h1-4,7-10,19-20H,5-6,11-14H2. The minimum absolute atomic E-state index is 0.0607. The highest BCUT2D eigenvalue weighted by Crippen LogP contribution is 2.46. The predicted octanol–water partition coefficient (Wildman–Crippen LogP) is 3.15. The SMILES string of the molecule is O=C(C1c2ccccc2C(=O)N2CCc3ccccc3C12)N1CCCC1. The number of fused-ring (bicyclic) bond motifs is 4. The van der Waals surface area contributed by atoms with E-state index in [1.165, 1.54) is 5.56 Å². The number of rotatable bonds is 1. The molecule has 0 saturated carbocycles. The highest BCUT2D eigenvalue weighted by atomic mass is 16.2. The first-order valence-corrected chi connectivity index (χ1v) is 9.52. The zero-order chi connectivity index (χ0) is 17.7. The molecule has 0 aromatic heterocycles. The zero-order valence-corrected chi connectivity index (χ0v) is 14.7. The second-order valence-corrected chi connectivity index (χ2v) is 7.49. The third-order valence-corrected chi connectivity index (χ3v) is 6.12. The molecule has 3 aliphatic heterocycles. The van der Waals surface area contributed by atoms with Crippen LogP contribution in [0, 0.1) is 0 Å². The number of hydrogen-bond donors (Lipinski definition) is 0. The summed E-state index contributed by atoms with van der Waals surface area (Å²) in [6.07, 6.45) is 3.00. The van der Waals surface area contributed by atoms with Crippen molar-refractivity contribution in [1.29, 1.82) is 0 Å². The van der Waals surface area contributed by atoms with E-state index >= 15 is 0 Å². The lowest BCUT2D eigenvalue weighted by Gasteiger charge is -2.46. The molecule has 2 aromatic carbocycles. The first-order chi connectivity index (χ1) is 12.8. The van der Waals surface area contributed by atoms with Gasteiger partial charge in [-0.2, -0.15) is 0 Å². The average molecular weight is 346 g/mol. The van der Waals surface area contributed by atoms with Gasteiger partial charge in [0.1, 0.15) is 0 Å². The van der Waals surface area contributed by atoms with Gasteiger partial charge in [-0.1, -0.05) is 42.5 Å². The molecule has 2 unspecified atom stereocenters. The average Bonchev–Trinajstić information content (AvgIpc) is 3.23. The maximum atomic E-state index is 13.5. The Kier molecular flexibility index (Phi) is 3.59. The van der Waals surface area contributed by atoms with Crippen LogP contribution in [0.15, 0.2) is 48.5 Å². The van der Waals surface area contributed by atoms with Crippen molar-refractivity contribution in [1.82, 2.24) is 9.80 Å². The Labute approximate surface area is 153 Å². The molecule has 0 bridgehead atoms. The minimum Gasteiger partial charge on any atom is -0.342 e. The topological polar surface area (TPSA) is 40.6 Å². The molecule has 3 heterocycles. The van der Waals surface area contributed by atoms with Gasteiger partial charge in [-0.15, -0.1) is 0 Å². The number of carbonyl (C=O) groups is 2. The fourth-order valence-electron chi connectivity index (χ4n) is 4.88. The van der Waals surface area contributed by atoms with Crippen LogP contribution in [0.5, 0.6) is 0 Å². The third-order valence-electron chi connectivity index (χ3n) is 6.12. The van der Waals surface area contributed by atoms with E-state index in [0.29, 0.717) is 12.1 Å². The molecule has 26 heavy (non-hydrogen) atoms. The molecular weight excluding hydrogens is 324 g/mol. The molecule has 2 atom stereocenters. The van der Waals surface area contributed by atoms with E-state index in [1.807, 2.05) is 46.2 Å². The Hall–Kier alpha value is -2.62. The number of nitrogens with zero attached hydrogens (tertiary/aromatic N) is 2. The van der Waals surface area contributed by atoms with Crippen molar-refractivity contribution in [3.8, 4) is 0 Å². The van der Waals surface area contributed by atoms with Crippen LogP contribution >= 0.6 is 0 Å². The molecule has 1 fully saturated rings. The molecule has 3 aliphatic rings. The normalized spacial score (nSPS) is 24.1. The number of hydrogen-bond acceptors (Lipinski definition) is 2.